The molecule has 19 heteroatoms. The smallest absolute Gasteiger partial charge is 0.462 e. The monoisotopic (exact) mass is 1310 g/mol. The van der Waals surface area contributed by atoms with Gasteiger partial charge in [0.25, 0.3) is 0 Å². The lowest BCUT2D eigenvalue weighted by Gasteiger charge is -2.21. The number of phosphoric acid groups is 2. The van der Waals surface area contributed by atoms with Crippen LogP contribution in [0.2, 0.25) is 0 Å². The molecular weight excluding hydrogens is 1170 g/mol. The summed E-state index contributed by atoms with van der Waals surface area (Å²) in [6.07, 6.45) is 47.6. The van der Waals surface area contributed by atoms with E-state index in [2.05, 4.69) is 41.5 Å². The normalized spacial score (nSPS) is 14.8. The minimum atomic E-state index is -4.95. The quantitative estimate of drug-likeness (QED) is 0.0222. The van der Waals surface area contributed by atoms with Crippen LogP contribution < -0.4 is 0 Å². The number of aliphatic hydroxyl groups is 1. The molecule has 0 aliphatic heterocycles. The predicted octanol–water partition coefficient (Wildman–Crippen LogP) is 20.0. The van der Waals surface area contributed by atoms with Crippen molar-refractivity contribution < 1.29 is 80.2 Å². The van der Waals surface area contributed by atoms with Gasteiger partial charge in [-0.15, -0.1) is 0 Å². The van der Waals surface area contributed by atoms with Crippen LogP contribution in [0.5, 0.6) is 0 Å². The van der Waals surface area contributed by atoms with Crippen LogP contribution in [0.25, 0.3) is 0 Å². The molecule has 0 amide bonds. The maximum absolute atomic E-state index is 13.0. The Morgan fingerprint density at radius 1 is 0.315 bits per heavy atom. The van der Waals surface area contributed by atoms with Crippen molar-refractivity contribution in [3.63, 3.8) is 0 Å². The van der Waals surface area contributed by atoms with E-state index in [0.29, 0.717) is 25.7 Å². The first-order valence-electron chi connectivity index (χ1n) is 36.6. The van der Waals surface area contributed by atoms with Crippen LogP contribution in [0.15, 0.2) is 0 Å². The van der Waals surface area contributed by atoms with Gasteiger partial charge in [0.1, 0.15) is 19.3 Å². The third-order valence-electron chi connectivity index (χ3n) is 16.9. The van der Waals surface area contributed by atoms with Crippen molar-refractivity contribution in [3.05, 3.63) is 0 Å². The Bertz CT molecular complexity index is 1740. The highest BCUT2D eigenvalue weighted by atomic mass is 31.2. The van der Waals surface area contributed by atoms with Crippen LogP contribution in [-0.4, -0.2) is 96.7 Å². The van der Waals surface area contributed by atoms with E-state index in [9.17, 15) is 43.2 Å². The second kappa shape index (κ2) is 62.2. The van der Waals surface area contributed by atoms with Crippen molar-refractivity contribution in [2.45, 2.75) is 374 Å². The first kappa shape index (κ1) is 87.1. The Morgan fingerprint density at radius 2 is 0.539 bits per heavy atom. The van der Waals surface area contributed by atoms with Gasteiger partial charge in [-0.1, -0.05) is 305 Å². The van der Waals surface area contributed by atoms with Crippen molar-refractivity contribution in [1.82, 2.24) is 0 Å². The zero-order valence-electron chi connectivity index (χ0n) is 57.7. The first-order chi connectivity index (χ1) is 42.9. The second-order valence-electron chi connectivity index (χ2n) is 25.8. The van der Waals surface area contributed by atoms with Crippen LogP contribution in [0.1, 0.15) is 356 Å². The van der Waals surface area contributed by atoms with Gasteiger partial charge in [0.05, 0.1) is 26.4 Å². The highest BCUT2D eigenvalue weighted by molar-refractivity contribution is 7.47. The number of esters is 4. The number of carbonyl (C=O) groups excluding carboxylic acids is 4. The molecule has 0 heterocycles. The summed E-state index contributed by atoms with van der Waals surface area (Å²) < 4.78 is 68.0. The Hall–Kier alpha value is -1.94. The molecule has 7 atom stereocenters. The van der Waals surface area contributed by atoms with Gasteiger partial charge in [0.2, 0.25) is 0 Å². The predicted molar refractivity (Wildman–Crippen MR) is 358 cm³/mol. The summed E-state index contributed by atoms with van der Waals surface area (Å²) in [4.78, 5) is 72.1. The van der Waals surface area contributed by atoms with Crippen molar-refractivity contribution in [2.75, 3.05) is 39.6 Å². The lowest BCUT2D eigenvalue weighted by Crippen LogP contribution is -2.30. The van der Waals surface area contributed by atoms with Gasteiger partial charge in [-0.3, -0.25) is 37.3 Å². The summed E-state index contributed by atoms with van der Waals surface area (Å²) in [6, 6.07) is 0. The second-order valence-corrected chi connectivity index (χ2v) is 28.7. The first-order valence-corrected chi connectivity index (χ1v) is 39.6. The molecule has 3 N–H and O–H groups in total. The fourth-order valence-corrected chi connectivity index (χ4v) is 12.1. The number of ether oxygens (including phenoxy) is 4. The van der Waals surface area contributed by atoms with Crippen molar-refractivity contribution >= 4 is 39.5 Å². The fraction of sp³-hybridized carbons (Fsp3) is 0.943. The van der Waals surface area contributed by atoms with Crippen molar-refractivity contribution in [2.24, 2.45) is 11.8 Å². The average molecular weight is 1310 g/mol. The van der Waals surface area contributed by atoms with Gasteiger partial charge in [-0.25, -0.2) is 9.13 Å². The molecule has 0 rings (SSSR count). The number of carbonyl (C=O) groups is 4. The molecule has 0 saturated carbocycles. The summed E-state index contributed by atoms with van der Waals surface area (Å²) in [6.45, 7) is 9.54. The molecule has 0 aromatic carbocycles. The summed E-state index contributed by atoms with van der Waals surface area (Å²) in [5.41, 5.74) is 0. The molecule has 0 saturated heterocycles. The highest BCUT2D eigenvalue weighted by Gasteiger charge is 2.30. The lowest BCUT2D eigenvalue weighted by atomic mass is 9.99. The summed E-state index contributed by atoms with van der Waals surface area (Å²) in [5, 5.41) is 10.5. The van der Waals surface area contributed by atoms with Crippen LogP contribution in [0, 0.1) is 11.8 Å². The molecule has 0 radical (unpaired) electrons. The number of hydrogen-bond acceptors (Lipinski definition) is 15. The van der Waals surface area contributed by atoms with E-state index in [-0.39, 0.29) is 25.7 Å². The van der Waals surface area contributed by atoms with Gasteiger partial charge in [0.15, 0.2) is 12.2 Å². The molecule has 4 unspecified atom stereocenters. The molecule has 0 aromatic heterocycles. The minimum Gasteiger partial charge on any atom is -0.462 e. The molecule has 0 fully saturated rings. The Labute approximate surface area is 543 Å². The van der Waals surface area contributed by atoms with Crippen molar-refractivity contribution in [3.8, 4) is 0 Å². The van der Waals surface area contributed by atoms with E-state index < -0.39 is 97.5 Å². The number of hydrogen-bond donors (Lipinski definition) is 3. The van der Waals surface area contributed by atoms with Crippen molar-refractivity contribution in [1.29, 1.82) is 0 Å². The van der Waals surface area contributed by atoms with Crippen LogP contribution in [0.4, 0.5) is 0 Å². The van der Waals surface area contributed by atoms with E-state index in [0.717, 1.165) is 115 Å². The average Bonchev–Trinajstić information content (AvgIpc) is 3.64. The molecule has 0 aliphatic carbocycles. The largest absolute Gasteiger partial charge is 0.472 e. The third kappa shape index (κ3) is 62.0. The zero-order valence-corrected chi connectivity index (χ0v) is 59.5. The number of aliphatic hydroxyl groups excluding tert-OH is 1. The lowest BCUT2D eigenvalue weighted by molar-refractivity contribution is -0.161. The summed E-state index contributed by atoms with van der Waals surface area (Å²) in [7, 11) is -9.88. The van der Waals surface area contributed by atoms with E-state index in [4.69, 9.17) is 37.0 Å². The van der Waals surface area contributed by atoms with Gasteiger partial charge in [0, 0.05) is 25.7 Å². The highest BCUT2D eigenvalue weighted by Crippen LogP contribution is 2.45. The fourth-order valence-electron chi connectivity index (χ4n) is 10.5. The number of unbranched alkanes of at least 4 members (excludes halogenated alkanes) is 37. The summed E-state index contributed by atoms with van der Waals surface area (Å²) >= 11 is 0. The molecule has 0 aliphatic rings. The number of rotatable bonds is 69. The molecular formula is C70H136O17P2. The van der Waals surface area contributed by atoms with Crippen LogP contribution in [0.3, 0.4) is 0 Å². The maximum Gasteiger partial charge on any atom is 0.472 e. The van der Waals surface area contributed by atoms with Crippen LogP contribution in [-0.2, 0) is 65.4 Å². The standard InChI is InChI=1S/C70H136O17P2/c1-7-11-13-15-16-35-42-48-54-69(74)86-65(58-80-67(72)52-46-38-14-12-8-2)60-84-88(76,77)82-56-64(71)57-83-89(78,79)85-61-66(87-70(75)55-49-43-37-32-28-24-20-18-22-26-30-34-40-45-51-63(6)10-4)59-81-68(73)53-47-41-36-31-27-23-19-17-21-25-29-33-39-44-50-62(5)9-3/h62-66,71H,7-61H2,1-6H3,(H,76,77)(H,78,79)/t62?,63?,64-,65+,66+/m0/s1. The molecule has 0 bridgehead atoms. The Balaban J connectivity index is 5.13. The third-order valence-corrected chi connectivity index (χ3v) is 18.8. The maximum atomic E-state index is 13.0. The van der Waals surface area contributed by atoms with Crippen LogP contribution >= 0.6 is 15.6 Å². The molecule has 0 aromatic rings. The van der Waals surface area contributed by atoms with E-state index in [1.54, 1.807) is 0 Å². The minimum absolute atomic E-state index is 0.104. The van der Waals surface area contributed by atoms with Gasteiger partial charge >= 0.3 is 39.5 Å². The van der Waals surface area contributed by atoms with E-state index in [1.807, 2.05) is 0 Å². The molecule has 0 spiro atoms. The summed E-state index contributed by atoms with van der Waals surface area (Å²) in [5.74, 6) is -0.442. The Kier molecular flexibility index (Phi) is 60.8. The van der Waals surface area contributed by atoms with E-state index >= 15 is 0 Å². The van der Waals surface area contributed by atoms with Gasteiger partial charge in [-0.05, 0) is 37.5 Å². The Morgan fingerprint density at radius 3 is 0.798 bits per heavy atom. The number of phosphoric ester groups is 2. The SMILES string of the molecule is CCCCCCCCCCC(=O)O[C@H](COC(=O)CCCCCCC)COP(=O)(O)OC[C@H](O)COP(=O)(O)OC[C@@H](COC(=O)CCCCCCCCCCCCCCCCC(C)CC)OC(=O)CCCCCCCCCCCCCCCCC(C)CC. The topological polar surface area (TPSA) is 237 Å². The van der Waals surface area contributed by atoms with Gasteiger partial charge in [-0.2, -0.15) is 0 Å². The van der Waals surface area contributed by atoms with Gasteiger partial charge < -0.3 is 33.8 Å². The molecule has 89 heavy (non-hydrogen) atoms. The van der Waals surface area contributed by atoms with E-state index in [1.165, 1.54) is 161 Å². The molecule has 17 nitrogen and oxygen atoms in total. The molecule has 528 valence electrons. The zero-order chi connectivity index (χ0) is 65.7.